The molecule has 8 heteroatoms. The van der Waals surface area contributed by atoms with Crippen LogP contribution in [0.15, 0.2) is 59.5 Å². The van der Waals surface area contributed by atoms with Crippen molar-refractivity contribution in [3.8, 4) is 5.69 Å². The van der Waals surface area contributed by atoms with Crippen LogP contribution in [0.2, 0.25) is 0 Å². The lowest BCUT2D eigenvalue weighted by Gasteiger charge is -2.14. The lowest BCUT2D eigenvalue weighted by atomic mass is 9.92. The summed E-state index contributed by atoms with van der Waals surface area (Å²) in [6.45, 7) is 7.58. The Hall–Kier alpha value is -3.00. The Morgan fingerprint density at radius 2 is 1.67 bits per heavy atom. The van der Waals surface area contributed by atoms with Gasteiger partial charge in [-0.1, -0.05) is 27.7 Å². The van der Waals surface area contributed by atoms with Crippen LogP contribution in [0, 0.1) is 5.82 Å². The lowest BCUT2D eigenvalue weighted by molar-refractivity contribution is 0.102. The molecule has 30 heavy (non-hydrogen) atoms. The van der Waals surface area contributed by atoms with Gasteiger partial charge in [-0.2, -0.15) is 5.10 Å². The fourth-order valence-corrected chi connectivity index (χ4v) is 3.67. The molecule has 158 valence electrons. The predicted octanol–water partition coefficient (Wildman–Crippen LogP) is 4.35. The molecule has 1 amide bonds. The first-order chi connectivity index (χ1) is 14.0. The number of nitrogens with one attached hydrogen (secondary N) is 1. The van der Waals surface area contributed by atoms with Crippen molar-refractivity contribution in [2.75, 3.05) is 11.1 Å². The Bertz CT molecular complexity index is 1160. The standard InChI is InChI=1S/C22H24FN3O3S/c1-5-30(28,29)18-12-6-15(7-13-18)21(27)24-20-14-19(22(2,3)4)25-26(20)17-10-8-16(23)9-11-17/h6-14H,5H2,1-4H3,(H,24,27). The summed E-state index contributed by atoms with van der Waals surface area (Å²) in [5.41, 5.74) is 1.41. The van der Waals surface area contributed by atoms with E-state index in [1.54, 1.807) is 29.8 Å². The summed E-state index contributed by atoms with van der Waals surface area (Å²) < 4.78 is 38.8. The average Bonchev–Trinajstić information content (AvgIpc) is 3.13. The van der Waals surface area contributed by atoms with Crippen molar-refractivity contribution in [2.45, 2.75) is 38.0 Å². The Kier molecular flexibility index (Phi) is 5.81. The van der Waals surface area contributed by atoms with E-state index in [1.807, 2.05) is 20.8 Å². The minimum absolute atomic E-state index is 0.00895. The van der Waals surface area contributed by atoms with Gasteiger partial charge in [-0.05, 0) is 48.5 Å². The molecule has 6 nitrogen and oxygen atoms in total. The maximum atomic E-state index is 13.3. The highest BCUT2D eigenvalue weighted by Crippen LogP contribution is 2.27. The predicted molar refractivity (Wildman–Crippen MR) is 114 cm³/mol. The summed E-state index contributed by atoms with van der Waals surface area (Å²) >= 11 is 0. The number of halogens is 1. The van der Waals surface area contributed by atoms with Gasteiger partial charge in [-0.15, -0.1) is 0 Å². The molecule has 0 aliphatic heterocycles. The molecule has 3 rings (SSSR count). The third-order valence-electron chi connectivity index (χ3n) is 4.65. The first-order valence-corrected chi connectivity index (χ1v) is 11.2. The van der Waals surface area contributed by atoms with Crippen LogP contribution in [0.3, 0.4) is 0 Å². The number of carbonyl (C=O) groups excluding carboxylic acids is 1. The molecule has 2 aromatic carbocycles. The molecule has 3 aromatic rings. The first-order valence-electron chi connectivity index (χ1n) is 9.52. The zero-order valence-corrected chi connectivity index (χ0v) is 18.1. The SMILES string of the molecule is CCS(=O)(=O)c1ccc(C(=O)Nc2cc(C(C)(C)C)nn2-c2ccc(F)cc2)cc1. The second kappa shape index (κ2) is 8.02. The van der Waals surface area contributed by atoms with E-state index in [0.29, 0.717) is 17.1 Å². The van der Waals surface area contributed by atoms with E-state index in [2.05, 4.69) is 10.4 Å². The van der Waals surface area contributed by atoms with Crippen LogP contribution in [0.5, 0.6) is 0 Å². The van der Waals surface area contributed by atoms with Gasteiger partial charge < -0.3 is 5.32 Å². The fraction of sp³-hybridized carbons (Fsp3) is 0.273. The van der Waals surface area contributed by atoms with Gasteiger partial charge in [0, 0.05) is 17.0 Å². The van der Waals surface area contributed by atoms with Crippen LogP contribution in [0.1, 0.15) is 43.7 Å². The van der Waals surface area contributed by atoms with Gasteiger partial charge in [0.05, 0.1) is 22.0 Å². The third-order valence-corrected chi connectivity index (χ3v) is 6.40. The summed E-state index contributed by atoms with van der Waals surface area (Å²) in [6.07, 6.45) is 0. The second-order valence-electron chi connectivity index (χ2n) is 7.93. The molecular formula is C22H24FN3O3S. The number of amides is 1. The Labute approximate surface area is 175 Å². The van der Waals surface area contributed by atoms with Gasteiger partial charge in [0.25, 0.3) is 5.91 Å². The van der Waals surface area contributed by atoms with Gasteiger partial charge >= 0.3 is 0 Å². The van der Waals surface area contributed by atoms with Crippen LogP contribution in [-0.2, 0) is 15.3 Å². The number of anilines is 1. The van der Waals surface area contributed by atoms with Crippen LogP contribution in [0.4, 0.5) is 10.2 Å². The van der Waals surface area contributed by atoms with E-state index in [0.717, 1.165) is 5.69 Å². The van der Waals surface area contributed by atoms with Gasteiger partial charge in [-0.25, -0.2) is 17.5 Å². The largest absolute Gasteiger partial charge is 0.306 e. The molecule has 1 aromatic heterocycles. The van der Waals surface area contributed by atoms with Crippen molar-refractivity contribution in [1.82, 2.24) is 9.78 Å². The van der Waals surface area contributed by atoms with E-state index in [1.165, 1.54) is 36.4 Å². The van der Waals surface area contributed by atoms with E-state index in [9.17, 15) is 17.6 Å². The highest BCUT2D eigenvalue weighted by molar-refractivity contribution is 7.91. The Morgan fingerprint density at radius 1 is 1.07 bits per heavy atom. The molecule has 0 spiro atoms. The zero-order valence-electron chi connectivity index (χ0n) is 17.3. The van der Waals surface area contributed by atoms with Crippen molar-refractivity contribution in [2.24, 2.45) is 0 Å². The Balaban J connectivity index is 1.94. The number of rotatable bonds is 5. The molecule has 0 saturated heterocycles. The van der Waals surface area contributed by atoms with Crippen molar-refractivity contribution in [1.29, 1.82) is 0 Å². The van der Waals surface area contributed by atoms with E-state index in [-0.39, 0.29) is 21.9 Å². The molecule has 0 radical (unpaired) electrons. The number of aromatic nitrogens is 2. The van der Waals surface area contributed by atoms with Gasteiger partial charge in [-0.3, -0.25) is 4.79 Å². The molecule has 0 aliphatic rings. The van der Waals surface area contributed by atoms with Crippen molar-refractivity contribution in [3.63, 3.8) is 0 Å². The normalized spacial score (nSPS) is 12.0. The van der Waals surface area contributed by atoms with Crippen LogP contribution < -0.4 is 5.32 Å². The molecule has 1 heterocycles. The highest BCUT2D eigenvalue weighted by atomic mass is 32.2. The molecule has 0 atom stereocenters. The number of hydrogen-bond acceptors (Lipinski definition) is 4. The Morgan fingerprint density at radius 3 is 2.20 bits per heavy atom. The van der Waals surface area contributed by atoms with Crippen LogP contribution in [0.25, 0.3) is 5.69 Å². The zero-order chi connectivity index (χ0) is 22.1. The van der Waals surface area contributed by atoms with Crippen LogP contribution in [-0.4, -0.2) is 29.9 Å². The van der Waals surface area contributed by atoms with E-state index >= 15 is 0 Å². The van der Waals surface area contributed by atoms with Gasteiger partial charge in [0.15, 0.2) is 9.84 Å². The maximum absolute atomic E-state index is 13.3. The minimum atomic E-state index is -3.34. The summed E-state index contributed by atoms with van der Waals surface area (Å²) in [5.74, 6) is -0.346. The number of nitrogens with zero attached hydrogens (tertiary/aromatic N) is 2. The molecule has 0 fully saturated rings. The molecule has 0 unspecified atom stereocenters. The van der Waals surface area contributed by atoms with Crippen molar-refractivity contribution >= 4 is 21.6 Å². The first kappa shape index (κ1) is 21.7. The number of benzene rings is 2. The summed E-state index contributed by atoms with van der Waals surface area (Å²) in [7, 11) is -3.34. The number of carbonyl (C=O) groups is 1. The van der Waals surface area contributed by atoms with Crippen molar-refractivity contribution in [3.05, 3.63) is 71.7 Å². The molecular weight excluding hydrogens is 405 g/mol. The lowest BCUT2D eigenvalue weighted by Crippen LogP contribution is -2.15. The second-order valence-corrected chi connectivity index (χ2v) is 10.2. The summed E-state index contributed by atoms with van der Waals surface area (Å²) in [5, 5.41) is 7.41. The van der Waals surface area contributed by atoms with Gasteiger partial charge in [0.1, 0.15) is 11.6 Å². The number of hydrogen-bond donors (Lipinski definition) is 1. The molecule has 0 bridgehead atoms. The molecule has 0 aliphatic carbocycles. The maximum Gasteiger partial charge on any atom is 0.256 e. The van der Waals surface area contributed by atoms with Crippen molar-refractivity contribution < 1.29 is 17.6 Å². The molecule has 1 N–H and O–H groups in total. The summed E-state index contributed by atoms with van der Waals surface area (Å²) in [4.78, 5) is 13.0. The quantitative estimate of drug-likeness (QED) is 0.654. The number of sulfone groups is 1. The van der Waals surface area contributed by atoms with Gasteiger partial charge in [0.2, 0.25) is 0 Å². The average molecular weight is 430 g/mol. The fourth-order valence-electron chi connectivity index (χ4n) is 2.78. The van der Waals surface area contributed by atoms with E-state index < -0.39 is 15.7 Å². The summed E-state index contributed by atoms with van der Waals surface area (Å²) in [6, 6.07) is 13.4. The minimum Gasteiger partial charge on any atom is -0.306 e. The smallest absolute Gasteiger partial charge is 0.256 e. The van der Waals surface area contributed by atoms with Crippen LogP contribution >= 0.6 is 0 Å². The third kappa shape index (κ3) is 4.59. The topological polar surface area (TPSA) is 81.1 Å². The van der Waals surface area contributed by atoms with E-state index in [4.69, 9.17) is 0 Å². The highest BCUT2D eigenvalue weighted by Gasteiger charge is 2.22. The molecule has 0 saturated carbocycles. The monoisotopic (exact) mass is 429 g/mol.